The smallest absolute Gasteiger partial charge is 0.332 e. The highest BCUT2D eigenvalue weighted by molar-refractivity contribution is 8.69. The van der Waals surface area contributed by atoms with Crippen LogP contribution in [0, 0.1) is 5.41 Å². The van der Waals surface area contributed by atoms with Crippen LogP contribution >= 0.6 is 10.8 Å². The molecule has 0 aromatic rings. The molecular weight excluding hydrogens is 186 g/mol. The van der Waals surface area contributed by atoms with Crippen molar-refractivity contribution in [3.63, 3.8) is 0 Å². The van der Waals surface area contributed by atoms with Crippen LogP contribution in [0.15, 0.2) is 0 Å². The molecular formula is C5H9NO3S2. The van der Waals surface area contributed by atoms with Gasteiger partial charge in [-0.2, -0.15) is 5.90 Å². The van der Waals surface area contributed by atoms with Crippen molar-refractivity contribution in [1.82, 2.24) is 0 Å². The number of nitrogens with two attached hydrogens (primary N) is 1. The maximum atomic E-state index is 11.0. The topological polar surface area (TPSA) is 69.4 Å². The quantitative estimate of drug-likeness (QED) is 0.464. The number of carbonyl (C=O) groups is 1. The van der Waals surface area contributed by atoms with Crippen molar-refractivity contribution >= 4 is 26.6 Å². The molecule has 0 radical (unpaired) electrons. The number of carbonyl (C=O) groups excluding carboxylic acids is 1. The van der Waals surface area contributed by atoms with Crippen molar-refractivity contribution in [3.8, 4) is 0 Å². The molecule has 1 fully saturated rings. The average molecular weight is 195 g/mol. The Labute approximate surface area is 70.7 Å². The monoisotopic (exact) mass is 195 g/mol. The van der Waals surface area contributed by atoms with Crippen molar-refractivity contribution in [1.29, 1.82) is 0 Å². The lowest BCUT2D eigenvalue weighted by Gasteiger charge is -2.15. The van der Waals surface area contributed by atoms with E-state index in [0.29, 0.717) is 11.5 Å². The summed E-state index contributed by atoms with van der Waals surface area (Å²) in [6.45, 7) is 1.71. The maximum absolute atomic E-state index is 11.0. The second kappa shape index (κ2) is 3.12. The number of hydrogen-bond donors (Lipinski definition) is 1. The van der Waals surface area contributed by atoms with E-state index in [1.165, 1.54) is 10.8 Å². The van der Waals surface area contributed by atoms with Gasteiger partial charge in [0.2, 0.25) is 0 Å². The molecule has 0 amide bonds. The van der Waals surface area contributed by atoms with Gasteiger partial charge in [-0.25, -0.2) is 9.00 Å². The molecule has 4 nitrogen and oxygen atoms in total. The van der Waals surface area contributed by atoms with Gasteiger partial charge in [0.25, 0.3) is 0 Å². The third kappa shape index (κ3) is 1.74. The van der Waals surface area contributed by atoms with E-state index >= 15 is 0 Å². The van der Waals surface area contributed by atoms with E-state index in [4.69, 9.17) is 5.90 Å². The van der Waals surface area contributed by atoms with Crippen LogP contribution in [0.3, 0.4) is 0 Å². The average Bonchev–Trinajstić information content (AvgIpc) is 2.31. The molecule has 1 aliphatic heterocycles. The Morgan fingerprint density at radius 2 is 2.45 bits per heavy atom. The summed E-state index contributed by atoms with van der Waals surface area (Å²) in [5, 5.41) is 0. The summed E-state index contributed by atoms with van der Waals surface area (Å²) in [7, 11) is 0.310. The Bertz CT molecular complexity index is 208. The first-order valence-electron chi connectivity index (χ1n) is 3.01. The first kappa shape index (κ1) is 9.02. The second-order valence-corrected chi connectivity index (χ2v) is 5.92. The highest BCUT2D eigenvalue weighted by atomic mass is 33.1. The molecule has 6 heteroatoms. The first-order valence-corrected chi connectivity index (χ1v) is 5.83. The van der Waals surface area contributed by atoms with Gasteiger partial charge in [0.1, 0.15) is 0 Å². The SMILES string of the molecule is CC1(C(=O)ON)CSS(=O)C1. The summed E-state index contributed by atoms with van der Waals surface area (Å²) in [5.74, 6) is 5.11. The molecule has 1 heterocycles. The predicted molar refractivity (Wildman–Crippen MR) is 43.9 cm³/mol. The minimum atomic E-state index is -0.954. The second-order valence-electron chi connectivity index (χ2n) is 2.68. The third-order valence-electron chi connectivity index (χ3n) is 1.55. The minimum absolute atomic E-state index is 0.341. The summed E-state index contributed by atoms with van der Waals surface area (Å²) in [5.41, 5.74) is -0.649. The summed E-state index contributed by atoms with van der Waals surface area (Å²) in [6.07, 6.45) is 0. The zero-order valence-electron chi connectivity index (χ0n) is 6.03. The summed E-state index contributed by atoms with van der Waals surface area (Å²) >= 11 is 0. The van der Waals surface area contributed by atoms with Crippen LogP contribution in [0.5, 0.6) is 0 Å². The molecule has 2 atom stereocenters. The van der Waals surface area contributed by atoms with E-state index in [2.05, 4.69) is 4.84 Å². The van der Waals surface area contributed by atoms with Gasteiger partial charge in [-0.15, -0.1) is 0 Å². The first-order chi connectivity index (χ1) is 5.08. The summed E-state index contributed by atoms with van der Waals surface area (Å²) in [4.78, 5) is 15.1. The molecule has 11 heavy (non-hydrogen) atoms. The van der Waals surface area contributed by atoms with Crippen LogP contribution in [0.2, 0.25) is 0 Å². The predicted octanol–water partition coefficient (Wildman–Crippen LogP) is -0.180. The molecule has 1 aliphatic rings. The van der Waals surface area contributed by atoms with Gasteiger partial charge in [0.05, 0.1) is 21.0 Å². The molecule has 0 aromatic heterocycles. The van der Waals surface area contributed by atoms with Crippen LogP contribution in [-0.4, -0.2) is 21.7 Å². The minimum Gasteiger partial charge on any atom is -0.373 e. The lowest BCUT2D eigenvalue weighted by molar-refractivity contribution is -0.152. The molecule has 64 valence electrons. The Hall–Kier alpha value is -0.0700. The van der Waals surface area contributed by atoms with Gasteiger partial charge in [-0.1, -0.05) is 10.8 Å². The van der Waals surface area contributed by atoms with Gasteiger partial charge in [0, 0.05) is 5.75 Å². The molecule has 2 unspecified atom stereocenters. The van der Waals surface area contributed by atoms with Crippen LogP contribution in [0.25, 0.3) is 0 Å². The molecule has 0 aromatic carbocycles. The molecule has 0 bridgehead atoms. The van der Waals surface area contributed by atoms with E-state index in [0.717, 1.165) is 0 Å². The zero-order valence-corrected chi connectivity index (χ0v) is 7.67. The van der Waals surface area contributed by atoms with Crippen molar-refractivity contribution in [2.75, 3.05) is 11.5 Å². The van der Waals surface area contributed by atoms with E-state index in [-0.39, 0.29) is 0 Å². The Morgan fingerprint density at radius 3 is 2.82 bits per heavy atom. The van der Waals surface area contributed by atoms with E-state index < -0.39 is 21.2 Å². The van der Waals surface area contributed by atoms with Gasteiger partial charge in [0.15, 0.2) is 0 Å². The van der Waals surface area contributed by atoms with Crippen LogP contribution < -0.4 is 5.90 Å². The van der Waals surface area contributed by atoms with Crippen molar-refractivity contribution in [2.45, 2.75) is 6.92 Å². The van der Waals surface area contributed by atoms with E-state index in [1.807, 2.05) is 0 Å². The summed E-state index contributed by atoms with van der Waals surface area (Å²) < 4.78 is 10.9. The molecule has 0 aliphatic carbocycles. The Balaban J connectivity index is 2.69. The van der Waals surface area contributed by atoms with Crippen LogP contribution in [-0.2, 0) is 19.5 Å². The van der Waals surface area contributed by atoms with E-state index in [9.17, 15) is 9.00 Å². The lowest BCUT2D eigenvalue weighted by atomic mass is 9.97. The van der Waals surface area contributed by atoms with Gasteiger partial charge in [-0.3, -0.25) is 0 Å². The number of hydrogen-bond acceptors (Lipinski definition) is 5. The number of rotatable bonds is 1. The normalized spacial score (nSPS) is 37.1. The van der Waals surface area contributed by atoms with Crippen LogP contribution in [0.4, 0.5) is 0 Å². The van der Waals surface area contributed by atoms with Gasteiger partial charge >= 0.3 is 5.97 Å². The molecule has 1 saturated heterocycles. The fourth-order valence-corrected chi connectivity index (χ4v) is 4.57. The lowest BCUT2D eigenvalue weighted by Crippen LogP contribution is -2.34. The largest absolute Gasteiger partial charge is 0.373 e. The standard InChI is InChI=1S/C5H9NO3S2/c1-5(4(7)9-6)2-10-11(8)3-5/h2-3,6H2,1H3. The van der Waals surface area contributed by atoms with Crippen molar-refractivity contribution < 1.29 is 13.8 Å². The van der Waals surface area contributed by atoms with Gasteiger partial charge < -0.3 is 4.84 Å². The Morgan fingerprint density at radius 1 is 1.82 bits per heavy atom. The fraction of sp³-hybridized carbons (Fsp3) is 0.800. The third-order valence-corrected chi connectivity index (χ3v) is 4.93. The Kier molecular flexibility index (Phi) is 2.56. The molecule has 1 rings (SSSR count). The fourth-order valence-electron chi connectivity index (χ4n) is 0.799. The van der Waals surface area contributed by atoms with E-state index in [1.54, 1.807) is 6.92 Å². The highest BCUT2D eigenvalue weighted by Gasteiger charge is 2.42. The maximum Gasteiger partial charge on any atom is 0.332 e. The van der Waals surface area contributed by atoms with Crippen LogP contribution in [0.1, 0.15) is 6.92 Å². The van der Waals surface area contributed by atoms with Gasteiger partial charge in [-0.05, 0) is 6.92 Å². The highest BCUT2D eigenvalue weighted by Crippen LogP contribution is 2.35. The van der Waals surface area contributed by atoms with Crippen molar-refractivity contribution in [3.05, 3.63) is 0 Å². The molecule has 0 spiro atoms. The molecule has 2 N–H and O–H groups in total. The van der Waals surface area contributed by atoms with Crippen molar-refractivity contribution in [2.24, 2.45) is 11.3 Å². The zero-order chi connectivity index (χ0) is 8.48. The molecule has 0 saturated carbocycles. The summed E-state index contributed by atoms with van der Waals surface area (Å²) in [6, 6.07) is 0.